The number of allylic oxidation sites excluding steroid dienone is 1. The molecule has 3 aliphatic rings. The van der Waals surface area contributed by atoms with Crippen LogP contribution in [0.1, 0.15) is 63.5 Å². The predicted molar refractivity (Wildman–Crippen MR) is 102 cm³/mol. The van der Waals surface area contributed by atoms with Crippen molar-refractivity contribution in [3.05, 3.63) is 47.0 Å². The van der Waals surface area contributed by atoms with Gasteiger partial charge >= 0.3 is 0 Å². The molecule has 0 amide bonds. The number of rotatable bonds is 7. The molecule has 0 spiro atoms. The second-order valence-corrected chi connectivity index (χ2v) is 8.01. The summed E-state index contributed by atoms with van der Waals surface area (Å²) >= 11 is 6.10. The SMILES string of the molecule is CCCC(=C(C1OC1CCl)C1OC1c1ccccc1)C1CCCCC1. The number of benzene rings is 1. The fraction of sp³-hybridized carbons (Fsp3) is 0.636. The van der Waals surface area contributed by atoms with Gasteiger partial charge in [-0.15, -0.1) is 11.6 Å². The van der Waals surface area contributed by atoms with E-state index in [2.05, 4.69) is 37.3 Å². The molecule has 4 rings (SSSR count). The number of alkyl halides is 1. The highest BCUT2D eigenvalue weighted by molar-refractivity contribution is 6.18. The summed E-state index contributed by atoms with van der Waals surface area (Å²) in [5.41, 5.74) is 4.38. The van der Waals surface area contributed by atoms with Gasteiger partial charge in [0.25, 0.3) is 0 Å². The van der Waals surface area contributed by atoms with E-state index in [1.54, 1.807) is 5.57 Å². The third kappa shape index (κ3) is 3.82. The second kappa shape index (κ2) is 7.82. The van der Waals surface area contributed by atoms with Crippen molar-refractivity contribution >= 4 is 11.6 Å². The van der Waals surface area contributed by atoms with Crippen molar-refractivity contribution in [3.63, 3.8) is 0 Å². The highest BCUT2D eigenvalue weighted by Crippen LogP contribution is 2.51. The molecular formula is C22H29ClO2. The molecule has 2 heterocycles. The van der Waals surface area contributed by atoms with Crippen molar-refractivity contribution in [1.29, 1.82) is 0 Å². The maximum Gasteiger partial charge on any atom is 0.114 e. The lowest BCUT2D eigenvalue weighted by Gasteiger charge is -2.27. The Morgan fingerprint density at radius 1 is 1.04 bits per heavy atom. The van der Waals surface area contributed by atoms with Crippen molar-refractivity contribution in [2.45, 2.75) is 76.3 Å². The van der Waals surface area contributed by atoms with Gasteiger partial charge in [-0.1, -0.05) is 68.5 Å². The minimum atomic E-state index is 0.188. The maximum absolute atomic E-state index is 6.20. The standard InChI is InChI=1S/C22H29ClO2/c1-2-9-17(15-10-5-3-6-11-15)19(21-18(14-23)24-21)22-20(25-22)16-12-7-4-8-13-16/h4,7-8,12-13,15,18,20-22H,2-3,5-6,9-11,14H2,1H3. The zero-order valence-electron chi connectivity index (χ0n) is 15.1. The van der Waals surface area contributed by atoms with Crippen LogP contribution in [0.4, 0.5) is 0 Å². The average molecular weight is 361 g/mol. The number of ether oxygens (including phenoxy) is 2. The van der Waals surface area contributed by atoms with Crippen LogP contribution in [0, 0.1) is 5.92 Å². The van der Waals surface area contributed by atoms with Crippen LogP contribution in [0.15, 0.2) is 41.5 Å². The Morgan fingerprint density at radius 3 is 2.44 bits per heavy atom. The minimum Gasteiger partial charge on any atom is -0.363 e. The van der Waals surface area contributed by atoms with E-state index in [0.717, 1.165) is 5.92 Å². The highest BCUT2D eigenvalue weighted by atomic mass is 35.5. The van der Waals surface area contributed by atoms with Gasteiger partial charge in [0.2, 0.25) is 0 Å². The first-order valence-corrected chi connectivity index (χ1v) is 10.5. The Balaban J connectivity index is 1.63. The van der Waals surface area contributed by atoms with E-state index in [9.17, 15) is 0 Å². The summed E-state index contributed by atoms with van der Waals surface area (Å²) in [4.78, 5) is 0. The van der Waals surface area contributed by atoms with Crippen molar-refractivity contribution < 1.29 is 9.47 Å². The van der Waals surface area contributed by atoms with Gasteiger partial charge in [-0.3, -0.25) is 0 Å². The molecule has 2 saturated heterocycles. The molecule has 0 bridgehead atoms. The molecule has 4 unspecified atom stereocenters. The minimum absolute atomic E-state index is 0.188. The van der Waals surface area contributed by atoms with Gasteiger partial charge in [0.05, 0.1) is 5.88 Å². The Kier molecular flexibility index (Phi) is 5.50. The van der Waals surface area contributed by atoms with Gasteiger partial charge in [-0.05, 0) is 36.3 Å². The summed E-state index contributed by atoms with van der Waals surface area (Å²) in [6.07, 6.45) is 9.93. The Bertz CT molecular complexity index is 606. The topological polar surface area (TPSA) is 25.1 Å². The lowest BCUT2D eigenvalue weighted by atomic mass is 9.78. The summed E-state index contributed by atoms with van der Waals surface area (Å²) in [6, 6.07) is 10.6. The average Bonchev–Trinajstić information content (AvgIpc) is 3.58. The third-order valence-corrected chi connectivity index (χ3v) is 6.26. The van der Waals surface area contributed by atoms with Crippen LogP contribution in [-0.4, -0.2) is 24.2 Å². The first-order valence-electron chi connectivity index (χ1n) is 9.98. The molecule has 136 valence electrons. The van der Waals surface area contributed by atoms with Gasteiger partial charge in [0, 0.05) is 0 Å². The van der Waals surface area contributed by atoms with Crippen molar-refractivity contribution in [2.75, 3.05) is 5.88 Å². The molecule has 2 nitrogen and oxygen atoms in total. The largest absolute Gasteiger partial charge is 0.363 e. The first-order chi connectivity index (χ1) is 12.3. The molecule has 25 heavy (non-hydrogen) atoms. The monoisotopic (exact) mass is 360 g/mol. The fourth-order valence-corrected chi connectivity index (χ4v) is 4.85. The van der Waals surface area contributed by atoms with E-state index in [1.165, 1.54) is 56.1 Å². The molecule has 1 aromatic carbocycles. The normalized spacial score (nSPS) is 33.0. The van der Waals surface area contributed by atoms with E-state index < -0.39 is 0 Å². The summed E-state index contributed by atoms with van der Waals surface area (Å²) in [5.74, 6) is 1.31. The lowest BCUT2D eigenvalue weighted by Crippen LogP contribution is -2.17. The quantitative estimate of drug-likeness (QED) is 0.348. The summed E-state index contributed by atoms with van der Waals surface area (Å²) in [5, 5.41) is 0. The Morgan fingerprint density at radius 2 is 1.80 bits per heavy atom. The third-order valence-electron chi connectivity index (χ3n) is 5.96. The molecule has 3 heteroatoms. The molecule has 1 aliphatic carbocycles. The van der Waals surface area contributed by atoms with Crippen molar-refractivity contribution in [3.8, 4) is 0 Å². The summed E-state index contributed by atoms with van der Waals surface area (Å²) < 4.78 is 12.2. The van der Waals surface area contributed by atoms with Crippen LogP contribution < -0.4 is 0 Å². The maximum atomic E-state index is 6.20. The predicted octanol–water partition coefficient (Wildman–Crippen LogP) is 5.81. The van der Waals surface area contributed by atoms with Gasteiger partial charge < -0.3 is 9.47 Å². The fourth-order valence-electron chi connectivity index (χ4n) is 4.61. The molecule has 4 atom stereocenters. The zero-order chi connectivity index (χ0) is 17.2. The van der Waals surface area contributed by atoms with E-state index >= 15 is 0 Å². The van der Waals surface area contributed by atoms with E-state index in [4.69, 9.17) is 21.1 Å². The summed E-state index contributed by atoms with van der Waals surface area (Å²) in [7, 11) is 0. The molecule has 2 aliphatic heterocycles. The van der Waals surface area contributed by atoms with Crippen LogP contribution in [0.25, 0.3) is 0 Å². The first kappa shape index (κ1) is 17.6. The van der Waals surface area contributed by atoms with Gasteiger partial charge in [0.15, 0.2) is 0 Å². The molecule has 3 fully saturated rings. The number of hydrogen-bond acceptors (Lipinski definition) is 2. The Labute approximate surface area is 156 Å². The van der Waals surface area contributed by atoms with E-state index in [1.807, 2.05) is 0 Å². The van der Waals surface area contributed by atoms with E-state index in [-0.39, 0.29) is 24.4 Å². The number of hydrogen-bond donors (Lipinski definition) is 0. The molecule has 1 aromatic rings. The lowest BCUT2D eigenvalue weighted by molar-refractivity contribution is 0.350. The van der Waals surface area contributed by atoms with Crippen LogP contribution in [0.3, 0.4) is 0 Å². The zero-order valence-corrected chi connectivity index (χ0v) is 15.9. The number of halogens is 1. The van der Waals surface area contributed by atoms with Gasteiger partial charge in [0.1, 0.15) is 24.4 Å². The van der Waals surface area contributed by atoms with Crippen LogP contribution in [-0.2, 0) is 9.47 Å². The van der Waals surface area contributed by atoms with Gasteiger partial charge in [-0.25, -0.2) is 0 Å². The Hall–Kier alpha value is -0.830. The number of epoxide rings is 2. The van der Waals surface area contributed by atoms with Crippen LogP contribution >= 0.6 is 11.6 Å². The summed E-state index contributed by atoms with van der Waals surface area (Å²) in [6.45, 7) is 2.29. The second-order valence-electron chi connectivity index (χ2n) is 7.70. The van der Waals surface area contributed by atoms with Crippen LogP contribution in [0.5, 0.6) is 0 Å². The molecule has 0 N–H and O–H groups in total. The van der Waals surface area contributed by atoms with Crippen molar-refractivity contribution in [2.24, 2.45) is 5.92 Å². The molecule has 0 radical (unpaired) electrons. The van der Waals surface area contributed by atoms with Crippen molar-refractivity contribution in [1.82, 2.24) is 0 Å². The molecule has 1 saturated carbocycles. The highest BCUT2D eigenvalue weighted by Gasteiger charge is 2.53. The molecule has 0 aromatic heterocycles. The molecular weight excluding hydrogens is 332 g/mol. The van der Waals surface area contributed by atoms with Gasteiger partial charge in [-0.2, -0.15) is 0 Å². The van der Waals surface area contributed by atoms with Crippen LogP contribution in [0.2, 0.25) is 0 Å². The smallest absolute Gasteiger partial charge is 0.114 e. The van der Waals surface area contributed by atoms with E-state index in [0.29, 0.717) is 5.88 Å².